The van der Waals surface area contributed by atoms with Crippen LogP contribution in [0.3, 0.4) is 0 Å². The number of Topliss-reactive ketones (excluding diaryl/α,β-unsaturated/α-hetero) is 1. The molecule has 0 aliphatic carbocycles. The van der Waals surface area contributed by atoms with E-state index >= 15 is 0 Å². The van der Waals surface area contributed by atoms with Crippen LogP contribution >= 0.6 is 0 Å². The van der Waals surface area contributed by atoms with E-state index in [4.69, 9.17) is 9.47 Å². The summed E-state index contributed by atoms with van der Waals surface area (Å²) in [6.45, 7) is 4.83. The molecule has 94 valence electrons. The van der Waals surface area contributed by atoms with Gasteiger partial charge in [0.15, 0.2) is 0 Å². The van der Waals surface area contributed by atoms with Crippen molar-refractivity contribution in [3.8, 4) is 0 Å². The molecule has 0 spiro atoms. The fourth-order valence-corrected chi connectivity index (χ4v) is 1.24. The van der Waals surface area contributed by atoms with Gasteiger partial charge in [0.05, 0.1) is 19.1 Å². The van der Waals surface area contributed by atoms with E-state index < -0.39 is 6.04 Å². The van der Waals surface area contributed by atoms with Crippen LogP contribution in [0.4, 0.5) is 0 Å². The van der Waals surface area contributed by atoms with Crippen molar-refractivity contribution in [2.75, 3.05) is 26.9 Å². The second-order valence-electron chi connectivity index (χ2n) is 3.47. The molecule has 0 amide bonds. The van der Waals surface area contributed by atoms with Gasteiger partial charge in [-0.3, -0.25) is 9.59 Å². The molecule has 0 fully saturated rings. The SMILES string of the molecule is CCOC(=O)CC(NCCCOC)C(C)=O. The molecule has 0 bridgehead atoms. The van der Waals surface area contributed by atoms with E-state index in [2.05, 4.69) is 5.32 Å². The third-order valence-electron chi connectivity index (χ3n) is 2.08. The average molecular weight is 231 g/mol. The summed E-state index contributed by atoms with van der Waals surface area (Å²) in [5.74, 6) is -0.396. The van der Waals surface area contributed by atoms with E-state index in [1.165, 1.54) is 6.92 Å². The molecule has 0 rings (SSSR count). The zero-order valence-electron chi connectivity index (χ0n) is 10.2. The van der Waals surface area contributed by atoms with Gasteiger partial charge in [-0.1, -0.05) is 0 Å². The fraction of sp³-hybridized carbons (Fsp3) is 0.818. The minimum absolute atomic E-state index is 0.0505. The monoisotopic (exact) mass is 231 g/mol. The predicted molar refractivity (Wildman–Crippen MR) is 60.2 cm³/mol. The molecule has 0 radical (unpaired) electrons. The van der Waals surface area contributed by atoms with Crippen molar-refractivity contribution in [2.45, 2.75) is 32.7 Å². The molecule has 0 aromatic rings. The number of nitrogens with one attached hydrogen (secondary N) is 1. The van der Waals surface area contributed by atoms with Crippen LogP contribution in [-0.4, -0.2) is 44.7 Å². The lowest BCUT2D eigenvalue weighted by Gasteiger charge is -2.14. The summed E-state index contributed by atoms with van der Waals surface area (Å²) in [6, 6.07) is -0.448. The first-order valence-electron chi connectivity index (χ1n) is 5.50. The van der Waals surface area contributed by atoms with Gasteiger partial charge >= 0.3 is 5.97 Å². The standard InChI is InChI=1S/C11H21NO4/c1-4-16-11(14)8-10(9(2)13)12-6-5-7-15-3/h10,12H,4-8H2,1-3H3. The Kier molecular flexibility index (Phi) is 8.75. The topological polar surface area (TPSA) is 64.6 Å². The molecule has 5 heteroatoms. The van der Waals surface area contributed by atoms with Crippen molar-refractivity contribution < 1.29 is 19.1 Å². The molecule has 1 unspecified atom stereocenters. The van der Waals surface area contributed by atoms with Gasteiger partial charge in [-0.2, -0.15) is 0 Å². The Bertz CT molecular complexity index is 218. The maximum Gasteiger partial charge on any atom is 0.307 e. The number of hydrogen-bond donors (Lipinski definition) is 1. The molecule has 0 aromatic carbocycles. The molecule has 0 aliphatic rings. The van der Waals surface area contributed by atoms with Crippen LogP contribution in [0, 0.1) is 0 Å². The number of ether oxygens (including phenoxy) is 2. The van der Waals surface area contributed by atoms with Crippen molar-refractivity contribution in [2.24, 2.45) is 0 Å². The van der Waals surface area contributed by atoms with Gasteiger partial charge in [0.2, 0.25) is 0 Å². The average Bonchev–Trinajstić information content (AvgIpc) is 2.22. The summed E-state index contributed by atoms with van der Waals surface area (Å²) in [6.07, 6.45) is 0.902. The normalized spacial score (nSPS) is 12.2. The largest absolute Gasteiger partial charge is 0.466 e. The smallest absolute Gasteiger partial charge is 0.307 e. The van der Waals surface area contributed by atoms with E-state index in [9.17, 15) is 9.59 Å². The van der Waals surface area contributed by atoms with E-state index in [-0.39, 0.29) is 18.2 Å². The molecule has 1 N–H and O–H groups in total. The lowest BCUT2D eigenvalue weighted by molar-refractivity contribution is -0.145. The predicted octanol–water partition coefficient (Wildman–Crippen LogP) is 0.523. The van der Waals surface area contributed by atoms with Crippen molar-refractivity contribution in [1.29, 1.82) is 0 Å². The third kappa shape index (κ3) is 7.36. The van der Waals surface area contributed by atoms with Gasteiger partial charge in [-0.25, -0.2) is 0 Å². The second kappa shape index (κ2) is 9.30. The van der Waals surface area contributed by atoms with Crippen molar-refractivity contribution >= 4 is 11.8 Å². The summed E-state index contributed by atoms with van der Waals surface area (Å²) in [7, 11) is 1.63. The van der Waals surface area contributed by atoms with Crippen molar-refractivity contribution in [1.82, 2.24) is 5.32 Å². The highest BCUT2D eigenvalue weighted by Crippen LogP contribution is 1.97. The van der Waals surface area contributed by atoms with Gasteiger partial charge in [0.25, 0.3) is 0 Å². The summed E-state index contributed by atoms with van der Waals surface area (Å²) in [4.78, 5) is 22.5. The number of carbonyl (C=O) groups excluding carboxylic acids is 2. The van der Waals surface area contributed by atoms with E-state index in [1.54, 1.807) is 14.0 Å². The number of esters is 1. The second-order valence-corrected chi connectivity index (χ2v) is 3.47. The van der Waals surface area contributed by atoms with E-state index in [1.807, 2.05) is 0 Å². The summed E-state index contributed by atoms with van der Waals surface area (Å²) < 4.78 is 9.68. The molecule has 0 aromatic heterocycles. The Morgan fingerprint density at radius 3 is 2.56 bits per heavy atom. The maximum atomic E-state index is 11.2. The van der Waals surface area contributed by atoms with Gasteiger partial charge in [-0.15, -0.1) is 0 Å². The minimum atomic E-state index is -0.448. The highest BCUT2D eigenvalue weighted by molar-refractivity contribution is 5.86. The number of ketones is 1. The van der Waals surface area contributed by atoms with Crippen molar-refractivity contribution in [3.63, 3.8) is 0 Å². The molecule has 5 nitrogen and oxygen atoms in total. The molecular weight excluding hydrogens is 210 g/mol. The van der Waals surface area contributed by atoms with E-state index in [0.717, 1.165) is 6.42 Å². The number of hydrogen-bond acceptors (Lipinski definition) is 5. The van der Waals surface area contributed by atoms with Crippen LogP contribution in [0.15, 0.2) is 0 Å². The summed E-state index contributed by atoms with van der Waals surface area (Å²) >= 11 is 0. The van der Waals surface area contributed by atoms with Gasteiger partial charge in [0.1, 0.15) is 5.78 Å². The summed E-state index contributed by atoms with van der Waals surface area (Å²) in [5.41, 5.74) is 0. The third-order valence-corrected chi connectivity index (χ3v) is 2.08. The first kappa shape index (κ1) is 15.1. The Morgan fingerprint density at radius 1 is 1.38 bits per heavy atom. The molecular formula is C11H21NO4. The van der Waals surface area contributed by atoms with E-state index in [0.29, 0.717) is 19.8 Å². The number of rotatable bonds is 9. The van der Waals surface area contributed by atoms with Crippen molar-refractivity contribution in [3.05, 3.63) is 0 Å². The maximum absolute atomic E-state index is 11.2. The van der Waals surface area contributed by atoms with Gasteiger partial charge in [0, 0.05) is 13.7 Å². The molecule has 0 saturated heterocycles. The van der Waals surface area contributed by atoms with Crippen LogP contribution in [0.1, 0.15) is 26.7 Å². The molecule has 1 atom stereocenters. The molecule has 0 saturated carbocycles. The highest BCUT2D eigenvalue weighted by Gasteiger charge is 2.18. The van der Waals surface area contributed by atoms with Crippen LogP contribution in [-0.2, 0) is 19.1 Å². The van der Waals surface area contributed by atoms with Crippen LogP contribution in [0.25, 0.3) is 0 Å². The Labute approximate surface area is 96.5 Å². The number of methoxy groups -OCH3 is 1. The molecule has 16 heavy (non-hydrogen) atoms. The zero-order valence-corrected chi connectivity index (χ0v) is 10.2. The molecule has 0 aliphatic heterocycles. The first-order chi connectivity index (χ1) is 7.61. The van der Waals surface area contributed by atoms with Gasteiger partial charge < -0.3 is 14.8 Å². The van der Waals surface area contributed by atoms with Crippen LogP contribution in [0.2, 0.25) is 0 Å². The Hall–Kier alpha value is -0.940. The van der Waals surface area contributed by atoms with Crippen LogP contribution in [0.5, 0.6) is 0 Å². The highest BCUT2D eigenvalue weighted by atomic mass is 16.5. The molecule has 0 heterocycles. The zero-order chi connectivity index (χ0) is 12.4. The quantitative estimate of drug-likeness (QED) is 0.463. The van der Waals surface area contributed by atoms with Crippen LogP contribution < -0.4 is 5.32 Å². The minimum Gasteiger partial charge on any atom is -0.466 e. The Morgan fingerprint density at radius 2 is 2.06 bits per heavy atom. The number of carbonyl (C=O) groups is 2. The Balaban J connectivity index is 3.88. The lowest BCUT2D eigenvalue weighted by atomic mass is 10.1. The fourth-order valence-electron chi connectivity index (χ4n) is 1.24. The van der Waals surface area contributed by atoms with Gasteiger partial charge in [-0.05, 0) is 26.8 Å². The summed E-state index contributed by atoms with van der Waals surface area (Å²) in [5, 5.41) is 3.01. The lowest BCUT2D eigenvalue weighted by Crippen LogP contribution is -2.38. The first-order valence-corrected chi connectivity index (χ1v) is 5.50.